The van der Waals surface area contributed by atoms with E-state index in [9.17, 15) is 14.7 Å². The van der Waals surface area contributed by atoms with Crippen molar-refractivity contribution < 1.29 is 19.4 Å². The van der Waals surface area contributed by atoms with Crippen LogP contribution in [0.25, 0.3) is 33.5 Å². The van der Waals surface area contributed by atoms with Crippen molar-refractivity contribution in [2.75, 3.05) is 6.54 Å². The number of pyridine rings is 1. The average Bonchev–Trinajstić information content (AvgIpc) is 3.61. The highest BCUT2D eigenvalue weighted by Crippen LogP contribution is 2.35. The molecule has 10 nitrogen and oxygen atoms in total. The number of carboxylic acid groups (broad SMARTS) is 1. The van der Waals surface area contributed by atoms with Crippen LogP contribution in [-0.4, -0.2) is 59.8 Å². The zero-order valence-electron chi connectivity index (χ0n) is 21.3. The predicted molar refractivity (Wildman–Crippen MR) is 141 cm³/mol. The first-order chi connectivity index (χ1) is 18.5. The highest BCUT2D eigenvalue weighted by molar-refractivity contribution is 5.85. The van der Waals surface area contributed by atoms with Gasteiger partial charge in [-0.25, -0.2) is 14.9 Å². The number of nitrogens with zero attached hydrogens (tertiary/aromatic N) is 5. The van der Waals surface area contributed by atoms with E-state index >= 15 is 0 Å². The number of rotatable bonds is 9. The molecule has 2 N–H and O–H groups in total. The van der Waals surface area contributed by atoms with Gasteiger partial charge in [0.25, 0.3) is 0 Å². The Hall–Kier alpha value is -4.34. The Labute approximate surface area is 220 Å². The molecule has 1 fully saturated rings. The van der Waals surface area contributed by atoms with Crippen molar-refractivity contribution in [1.29, 1.82) is 0 Å². The van der Waals surface area contributed by atoms with Gasteiger partial charge in [0.1, 0.15) is 5.60 Å². The molecule has 0 aliphatic heterocycles. The fourth-order valence-electron chi connectivity index (χ4n) is 5.28. The van der Waals surface area contributed by atoms with Crippen molar-refractivity contribution in [3.05, 3.63) is 60.2 Å². The SMILES string of the molecule is CCCC(=O)N(Cc1ccc2nc(-c3ccccc3-c3nnn[nH]3)ccc2c1)CC1(OC(=O)O)CCCC1. The molecular formula is C28H30N6O4. The van der Waals surface area contributed by atoms with E-state index in [1.54, 1.807) is 4.90 Å². The number of nitrogens with one attached hydrogen (secondary N) is 1. The number of ether oxygens (including phenoxy) is 1. The zero-order valence-corrected chi connectivity index (χ0v) is 21.3. The van der Waals surface area contributed by atoms with Crippen molar-refractivity contribution in [2.24, 2.45) is 0 Å². The van der Waals surface area contributed by atoms with E-state index < -0.39 is 11.8 Å². The minimum absolute atomic E-state index is 0.000142. The van der Waals surface area contributed by atoms with E-state index in [4.69, 9.17) is 9.72 Å². The molecule has 0 radical (unpaired) electrons. The molecule has 38 heavy (non-hydrogen) atoms. The first-order valence-electron chi connectivity index (χ1n) is 12.9. The van der Waals surface area contributed by atoms with Crippen molar-refractivity contribution in [2.45, 2.75) is 57.6 Å². The Morgan fingerprint density at radius 3 is 2.58 bits per heavy atom. The van der Waals surface area contributed by atoms with E-state index in [0.717, 1.165) is 52.5 Å². The summed E-state index contributed by atoms with van der Waals surface area (Å²) in [5, 5.41) is 24.5. The van der Waals surface area contributed by atoms with Gasteiger partial charge < -0.3 is 14.7 Å². The monoisotopic (exact) mass is 514 g/mol. The van der Waals surface area contributed by atoms with Crippen LogP contribution in [0, 0.1) is 0 Å². The Morgan fingerprint density at radius 2 is 1.87 bits per heavy atom. The summed E-state index contributed by atoms with van der Waals surface area (Å²) in [5.74, 6) is 0.571. The number of amides is 1. The molecule has 1 aliphatic rings. The Balaban J connectivity index is 1.41. The van der Waals surface area contributed by atoms with E-state index in [0.29, 0.717) is 31.6 Å². The lowest BCUT2D eigenvalue weighted by Gasteiger charge is -2.34. The summed E-state index contributed by atoms with van der Waals surface area (Å²) in [7, 11) is 0. The number of benzene rings is 2. The lowest BCUT2D eigenvalue weighted by Crippen LogP contribution is -2.46. The lowest BCUT2D eigenvalue weighted by molar-refractivity contribution is -0.136. The summed E-state index contributed by atoms with van der Waals surface area (Å²) < 4.78 is 5.36. The van der Waals surface area contributed by atoms with E-state index in [2.05, 4.69) is 20.6 Å². The van der Waals surface area contributed by atoms with Gasteiger partial charge >= 0.3 is 6.16 Å². The van der Waals surface area contributed by atoms with Crippen molar-refractivity contribution >= 4 is 23.0 Å². The first kappa shape index (κ1) is 25.3. The molecule has 2 aromatic heterocycles. The molecule has 196 valence electrons. The summed E-state index contributed by atoms with van der Waals surface area (Å²) in [6, 6.07) is 17.7. The molecule has 4 aromatic rings. The molecule has 1 saturated carbocycles. The van der Waals surface area contributed by atoms with Gasteiger partial charge in [-0.05, 0) is 66.3 Å². The van der Waals surface area contributed by atoms with Gasteiger partial charge in [-0.2, -0.15) is 0 Å². The molecule has 0 spiro atoms. The van der Waals surface area contributed by atoms with Crippen LogP contribution in [0.4, 0.5) is 4.79 Å². The van der Waals surface area contributed by atoms with Gasteiger partial charge in [0.2, 0.25) is 5.91 Å². The number of carbonyl (C=O) groups is 2. The number of aromatic amines is 1. The molecule has 0 unspecified atom stereocenters. The molecule has 0 bridgehead atoms. The average molecular weight is 515 g/mol. The molecule has 1 amide bonds. The summed E-state index contributed by atoms with van der Waals surface area (Å²) in [4.78, 5) is 31.1. The second kappa shape index (κ2) is 11.0. The number of aromatic nitrogens is 5. The quantitative estimate of drug-likeness (QED) is 0.290. The third-order valence-electron chi connectivity index (χ3n) is 7.04. The van der Waals surface area contributed by atoms with Gasteiger partial charge in [-0.15, -0.1) is 5.10 Å². The maximum atomic E-state index is 13.1. The zero-order chi connectivity index (χ0) is 26.5. The second-order valence-electron chi connectivity index (χ2n) is 9.78. The number of hydrogen-bond acceptors (Lipinski definition) is 7. The van der Waals surface area contributed by atoms with Crippen molar-refractivity contribution in [1.82, 2.24) is 30.5 Å². The van der Waals surface area contributed by atoms with Crippen LogP contribution < -0.4 is 0 Å². The minimum atomic E-state index is -1.29. The van der Waals surface area contributed by atoms with Gasteiger partial charge in [-0.3, -0.25) is 4.79 Å². The maximum absolute atomic E-state index is 13.1. The topological polar surface area (TPSA) is 134 Å². The highest BCUT2D eigenvalue weighted by atomic mass is 16.7. The molecule has 1 aliphatic carbocycles. The summed E-state index contributed by atoms with van der Waals surface area (Å²) in [5.41, 5.74) is 3.50. The lowest BCUT2D eigenvalue weighted by atomic mass is 10.00. The Morgan fingerprint density at radius 1 is 1.08 bits per heavy atom. The van der Waals surface area contributed by atoms with Crippen LogP contribution in [0.3, 0.4) is 0 Å². The van der Waals surface area contributed by atoms with Crippen LogP contribution in [0.5, 0.6) is 0 Å². The van der Waals surface area contributed by atoms with E-state index in [1.165, 1.54) is 0 Å². The fourth-order valence-corrected chi connectivity index (χ4v) is 5.28. The van der Waals surface area contributed by atoms with Gasteiger partial charge in [-0.1, -0.05) is 43.3 Å². The minimum Gasteiger partial charge on any atom is -0.450 e. The second-order valence-corrected chi connectivity index (χ2v) is 9.78. The fraction of sp³-hybridized carbons (Fsp3) is 0.357. The highest BCUT2D eigenvalue weighted by Gasteiger charge is 2.40. The van der Waals surface area contributed by atoms with Crippen molar-refractivity contribution in [3.8, 4) is 22.6 Å². The summed E-state index contributed by atoms with van der Waals surface area (Å²) >= 11 is 0. The third kappa shape index (κ3) is 5.49. The summed E-state index contributed by atoms with van der Waals surface area (Å²) in [6.07, 6.45) is 2.88. The van der Waals surface area contributed by atoms with E-state index in [-0.39, 0.29) is 12.5 Å². The number of hydrogen-bond donors (Lipinski definition) is 2. The number of carbonyl (C=O) groups excluding carboxylic acids is 1. The van der Waals surface area contributed by atoms with E-state index in [1.807, 2.05) is 61.5 Å². The van der Waals surface area contributed by atoms with Crippen LogP contribution in [0.15, 0.2) is 54.6 Å². The predicted octanol–water partition coefficient (Wildman–Crippen LogP) is 5.22. The van der Waals surface area contributed by atoms with Crippen LogP contribution in [0.2, 0.25) is 0 Å². The summed E-state index contributed by atoms with van der Waals surface area (Å²) in [6.45, 7) is 2.61. The molecule has 0 atom stereocenters. The normalized spacial score (nSPS) is 14.4. The van der Waals surface area contributed by atoms with Gasteiger partial charge in [0.05, 0.1) is 17.8 Å². The standard InChI is InChI=1S/C28H30N6O4/c1-2-7-25(35)34(18-28(38-27(36)37)14-5-6-15-28)17-19-10-12-23-20(16-19)11-13-24(29-23)21-8-3-4-9-22(21)26-30-32-33-31-26/h3-4,8-13,16H,2,5-7,14-15,17-18H2,1H3,(H,36,37)(H,30,31,32,33). The molecule has 0 saturated heterocycles. The molecule has 2 aromatic carbocycles. The molecular weight excluding hydrogens is 484 g/mol. The third-order valence-corrected chi connectivity index (χ3v) is 7.04. The molecule has 10 heteroatoms. The number of tetrazole rings is 1. The Kier molecular flexibility index (Phi) is 7.30. The van der Waals surface area contributed by atoms with Crippen molar-refractivity contribution in [3.63, 3.8) is 0 Å². The smallest absolute Gasteiger partial charge is 0.450 e. The largest absolute Gasteiger partial charge is 0.506 e. The van der Waals surface area contributed by atoms with Crippen LogP contribution in [0.1, 0.15) is 51.0 Å². The Bertz CT molecular complexity index is 1430. The van der Waals surface area contributed by atoms with Gasteiger partial charge in [0, 0.05) is 29.5 Å². The molecule has 5 rings (SSSR count). The van der Waals surface area contributed by atoms with Gasteiger partial charge in [0.15, 0.2) is 5.82 Å². The number of H-pyrrole nitrogens is 1. The van der Waals surface area contributed by atoms with Crippen LogP contribution in [-0.2, 0) is 16.1 Å². The molecule has 2 heterocycles. The first-order valence-corrected chi connectivity index (χ1v) is 12.9. The van der Waals surface area contributed by atoms with Crippen LogP contribution >= 0.6 is 0 Å². The number of fused-ring (bicyclic) bond motifs is 1. The maximum Gasteiger partial charge on any atom is 0.506 e.